The summed E-state index contributed by atoms with van der Waals surface area (Å²) in [6.07, 6.45) is 0.441. The van der Waals surface area contributed by atoms with Gasteiger partial charge in [-0.05, 0) is 11.6 Å². The summed E-state index contributed by atoms with van der Waals surface area (Å²) in [7, 11) is 0. The van der Waals surface area contributed by atoms with Gasteiger partial charge in [-0.2, -0.15) is 10.4 Å². The van der Waals surface area contributed by atoms with Crippen LogP contribution in [0.5, 0.6) is 0 Å². The molecule has 0 spiro atoms. The lowest BCUT2D eigenvalue weighted by atomic mass is 9.91. The molecule has 1 heterocycles. The van der Waals surface area contributed by atoms with Gasteiger partial charge in [-0.25, -0.2) is 0 Å². The standard InChI is InChI=1S/C16H13N3/c17-11-10-13(12-6-2-1-3-7-12)16-14-8-4-5-9-15(14)18-19-16/h1-9,13H,10H2,(H,18,19). The van der Waals surface area contributed by atoms with Crippen molar-refractivity contribution in [2.24, 2.45) is 0 Å². The first-order valence-corrected chi connectivity index (χ1v) is 6.25. The Balaban J connectivity index is 2.13. The van der Waals surface area contributed by atoms with Crippen LogP contribution in [0.25, 0.3) is 10.9 Å². The van der Waals surface area contributed by atoms with Gasteiger partial charge >= 0.3 is 0 Å². The number of H-pyrrole nitrogens is 1. The number of hydrogen-bond donors (Lipinski definition) is 1. The minimum atomic E-state index is 0.0404. The molecular formula is C16H13N3. The molecule has 2 aromatic carbocycles. The molecule has 0 aliphatic carbocycles. The van der Waals surface area contributed by atoms with Crippen LogP contribution in [0.1, 0.15) is 23.6 Å². The second-order valence-corrected chi connectivity index (χ2v) is 4.48. The van der Waals surface area contributed by atoms with Crippen molar-refractivity contribution in [2.75, 3.05) is 0 Å². The zero-order valence-corrected chi connectivity index (χ0v) is 10.4. The molecule has 19 heavy (non-hydrogen) atoms. The number of nitriles is 1. The molecule has 92 valence electrons. The molecule has 1 aromatic heterocycles. The van der Waals surface area contributed by atoms with Crippen molar-refractivity contribution in [1.82, 2.24) is 10.2 Å². The highest BCUT2D eigenvalue weighted by Gasteiger charge is 2.18. The van der Waals surface area contributed by atoms with Crippen LogP contribution in [-0.2, 0) is 0 Å². The summed E-state index contributed by atoms with van der Waals surface area (Å²) in [6.45, 7) is 0. The van der Waals surface area contributed by atoms with Crippen LogP contribution in [0, 0.1) is 11.3 Å². The molecule has 0 aliphatic rings. The van der Waals surface area contributed by atoms with Gasteiger partial charge in [0.1, 0.15) is 0 Å². The average molecular weight is 247 g/mol. The van der Waals surface area contributed by atoms with Crippen LogP contribution in [0.4, 0.5) is 0 Å². The minimum absolute atomic E-state index is 0.0404. The molecule has 0 amide bonds. The van der Waals surface area contributed by atoms with Crippen molar-refractivity contribution in [1.29, 1.82) is 5.26 Å². The van der Waals surface area contributed by atoms with Gasteiger partial charge in [0.25, 0.3) is 0 Å². The van der Waals surface area contributed by atoms with Crippen molar-refractivity contribution < 1.29 is 0 Å². The first-order valence-electron chi connectivity index (χ1n) is 6.25. The summed E-state index contributed by atoms with van der Waals surface area (Å²) in [5, 5.41) is 17.6. The molecule has 1 N–H and O–H groups in total. The number of benzene rings is 2. The van der Waals surface area contributed by atoms with E-state index in [4.69, 9.17) is 5.26 Å². The summed E-state index contributed by atoms with van der Waals surface area (Å²) < 4.78 is 0. The normalized spacial score (nSPS) is 12.2. The zero-order chi connectivity index (χ0) is 13.1. The van der Waals surface area contributed by atoms with Crippen molar-refractivity contribution >= 4 is 10.9 Å². The highest BCUT2D eigenvalue weighted by Crippen LogP contribution is 2.31. The number of nitrogens with one attached hydrogen (secondary N) is 1. The highest BCUT2D eigenvalue weighted by molar-refractivity contribution is 5.82. The maximum Gasteiger partial charge on any atom is 0.0923 e. The van der Waals surface area contributed by atoms with E-state index in [0.29, 0.717) is 6.42 Å². The van der Waals surface area contributed by atoms with Crippen LogP contribution in [-0.4, -0.2) is 10.2 Å². The van der Waals surface area contributed by atoms with E-state index in [2.05, 4.69) is 28.4 Å². The topological polar surface area (TPSA) is 52.5 Å². The maximum atomic E-state index is 9.08. The van der Waals surface area contributed by atoms with Gasteiger partial charge < -0.3 is 0 Å². The summed E-state index contributed by atoms with van der Waals surface area (Å²) >= 11 is 0. The SMILES string of the molecule is N#CCC(c1ccccc1)c1[nH]nc2ccccc12. The van der Waals surface area contributed by atoms with Crippen LogP contribution in [0.3, 0.4) is 0 Å². The molecule has 0 fully saturated rings. The van der Waals surface area contributed by atoms with E-state index < -0.39 is 0 Å². The Hall–Kier alpha value is -2.60. The van der Waals surface area contributed by atoms with Crippen LogP contribution >= 0.6 is 0 Å². The van der Waals surface area contributed by atoms with E-state index in [1.54, 1.807) is 0 Å². The summed E-state index contributed by atoms with van der Waals surface area (Å²) in [6, 6.07) is 20.3. The molecule has 3 nitrogen and oxygen atoms in total. The van der Waals surface area contributed by atoms with Crippen LogP contribution in [0.15, 0.2) is 54.6 Å². The first kappa shape index (κ1) is 11.5. The monoisotopic (exact) mass is 247 g/mol. The average Bonchev–Trinajstić information content (AvgIpc) is 2.89. The number of hydrogen-bond acceptors (Lipinski definition) is 2. The number of fused-ring (bicyclic) bond motifs is 1. The molecule has 1 unspecified atom stereocenters. The third-order valence-corrected chi connectivity index (χ3v) is 3.34. The lowest BCUT2D eigenvalue weighted by Gasteiger charge is -2.12. The van der Waals surface area contributed by atoms with E-state index in [0.717, 1.165) is 22.2 Å². The largest absolute Gasteiger partial charge is 0.281 e. The van der Waals surface area contributed by atoms with Gasteiger partial charge in [0.2, 0.25) is 0 Å². The maximum absolute atomic E-state index is 9.08. The van der Waals surface area contributed by atoms with Gasteiger partial charge in [-0.1, -0.05) is 48.5 Å². The number of nitrogens with zero attached hydrogens (tertiary/aromatic N) is 2. The van der Waals surface area contributed by atoms with E-state index in [9.17, 15) is 0 Å². The fourth-order valence-corrected chi connectivity index (χ4v) is 2.41. The number of aromatic nitrogens is 2. The van der Waals surface area contributed by atoms with Crippen molar-refractivity contribution in [3.8, 4) is 6.07 Å². The van der Waals surface area contributed by atoms with Crippen LogP contribution < -0.4 is 0 Å². The predicted octanol–water partition coefficient (Wildman–Crippen LogP) is 3.61. The molecule has 0 aliphatic heterocycles. The Labute approximate surface area is 111 Å². The smallest absolute Gasteiger partial charge is 0.0923 e. The fourth-order valence-electron chi connectivity index (χ4n) is 2.41. The van der Waals surface area contributed by atoms with Gasteiger partial charge in [-0.15, -0.1) is 0 Å². The van der Waals surface area contributed by atoms with E-state index >= 15 is 0 Å². The molecule has 3 rings (SSSR count). The van der Waals surface area contributed by atoms with Crippen molar-refractivity contribution in [3.05, 3.63) is 65.9 Å². The Morgan fingerprint density at radius 3 is 2.58 bits per heavy atom. The third-order valence-electron chi connectivity index (χ3n) is 3.34. The van der Waals surface area contributed by atoms with Crippen molar-refractivity contribution in [3.63, 3.8) is 0 Å². The second-order valence-electron chi connectivity index (χ2n) is 4.48. The van der Waals surface area contributed by atoms with Crippen LogP contribution in [0.2, 0.25) is 0 Å². The van der Waals surface area contributed by atoms with Gasteiger partial charge in [0.05, 0.1) is 17.3 Å². The summed E-state index contributed by atoms with van der Waals surface area (Å²) in [5.74, 6) is 0.0404. The van der Waals surface area contributed by atoms with Crippen molar-refractivity contribution in [2.45, 2.75) is 12.3 Å². The fraction of sp³-hybridized carbons (Fsp3) is 0.125. The number of aromatic amines is 1. The molecule has 0 bridgehead atoms. The Morgan fingerprint density at radius 1 is 1.05 bits per heavy atom. The molecule has 3 aromatic rings. The number of rotatable bonds is 3. The Kier molecular flexibility index (Phi) is 2.99. The third kappa shape index (κ3) is 2.09. The first-order chi connectivity index (χ1) is 9.40. The van der Waals surface area contributed by atoms with Gasteiger partial charge in [0.15, 0.2) is 0 Å². The molecule has 0 saturated carbocycles. The summed E-state index contributed by atoms with van der Waals surface area (Å²) in [4.78, 5) is 0. The molecule has 0 saturated heterocycles. The van der Waals surface area contributed by atoms with Gasteiger partial charge in [0, 0.05) is 17.7 Å². The molecule has 1 atom stereocenters. The summed E-state index contributed by atoms with van der Waals surface area (Å²) in [5.41, 5.74) is 3.10. The van der Waals surface area contributed by atoms with E-state index in [1.807, 2.05) is 42.5 Å². The predicted molar refractivity (Wildman–Crippen MR) is 74.6 cm³/mol. The minimum Gasteiger partial charge on any atom is -0.281 e. The second kappa shape index (κ2) is 4.95. The highest BCUT2D eigenvalue weighted by atomic mass is 15.1. The Morgan fingerprint density at radius 2 is 1.79 bits per heavy atom. The zero-order valence-electron chi connectivity index (χ0n) is 10.4. The lowest BCUT2D eigenvalue weighted by Crippen LogP contribution is -2.01. The molecule has 3 heteroatoms. The number of para-hydroxylation sites is 1. The molecular weight excluding hydrogens is 234 g/mol. The quantitative estimate of drug-likeness (QED) is 0.768. The molecule has 0 radical (unpaired) electrons. The lowest BCUT2D eigenvalue weighted by molar-refractivity contribution is 0.798. The Bertz CT molecular complexity index is 722. The van der Waals surface area contributed by atoms with E-state index in [1.165, 1.54) is 0 Å². The van der Waals surface area contributed by atoms with E-state index in [-0.39, 0.29) is 5.92 Å². The van der Waals surface area contributed by atoms with Gasteiger partial charge in [-0.3, -0.25) is 5.10 Å².